The highest BCUT2D eigenvalue weighted by atomic mass is 16.2. The van der Waals surface area contributed by atoms with E-state index in [1.165, 1.54) is 22.4 Å². The predicted octanol–water partition coefficient (Wildman–Crippen LogP) is 3.93. The second-order valence-corrected chi connectivity index (χ2v) is 10.3. The van der Waals surface area contributed by atoms with Crippen LogP contribution in [-0.2, 0) is 4.79 Å². The van der Waals surface area contributed by atoms with Gasteiger partial charge in [0.1, 0.15) is 6.04 Å². The van der Waals surface area contributed by atoms with E-state index in [0.29, 0.717) is 19.0 Å². The van der Waals surface area contributed by atoms with E-state index in [-0.39, 0.29) is 42.5 Å². The molecule has 7 heteroatoms. The summed E-state index contributed by atoms with van der Waals surface area (Å²) in [4.78, 5) is 44.6. The van der Waals surface area contributed by atoms with Gasteiger partial charge in [0.25, 0.3) is 5.91 Å². The molecular weight excluding hydrogens is 440 g/mol. The van der Waals surface area contributed by atoms with Crippen LogP contribution in [0.1, 0.15) is 55.1 Å². The Morgan fingerprint density at radius 1 is 0.829 bits per heavy atom. The van der Waals surface area contributed by atoms with Crippen LogP contribution in [0.3, 0.4) is 0 Å². The number of urea groups is 2. The Balaban J connectivity index is 1.11. The third-order valence-electron chi connectivity index (χ3n) is 8.26. The van der Waals surface area contributed by atoms with Gasteiger partial charge in [0, 0.05) is 37.0 Å². The number of nitrogens with one attached hydrogen (secondary N) is 1. The molecule has 0 radical (unpaired) electrons. The molecule has 2 heterocycles. The van der Waals surface area contributed by atoms with Gasteiger partial charge in [0.05, 0.1) is 6.54 Å². The van der Waals surface area contributed by atoms with Crippen LogP contribution in [-0.4, -0.2) is 70.4 Å². The van der Waals surface area contributed by atoms with Crippen molar-refractivity contribution in [3.05, 3.63) is 71.8 Å². The van der Waals surface area contributed by atoms with Gasteiger partial charge in [-0.3, -0.25) is 9.69 Å². The molecule has 0 bridgehead atoms. The van der Waals surface area contributed by atoms with Crippen LogP contribution in [0.4, 0.5) is 9.59 Å². The number of benzene rings is 2. The Hall–Kier alpha value is -3.35. The Bertz CT molecular complexity index is 1110. The van der Waals surface area contributed by atoms with Crippen LogP contribution in [0.15, 0.2) is 60.7 Å². The molecule has 0 unspecified atom stereocenters. The van der Waals surface area contributed by atoms with E-state index >= 15 is 0 Å². The van der Waals surface area contributed by atoms with Crippen molar-refractivity contribution in [1.29, 1.82) is 0 Å². The van der Waals surface area contributed by atoms with Crippen molar-refractivity contribution < 1.29 is 14.4 Å². The van der Waals surface area contributed by atoms with E-state index in [1.807, 2.05) is 24.3 Å². The highest BCUT2D eigenvalue weighted by Gasteiger charge is 2.56. The fourth-order valence-corrected chi connectivity index (χ4v) is 6.28. The number of imide groups is 1. The topological polar surface area (TPSA) is 73.0 Å². The maximum atomic E-state index is 13.3. The third-order valence-corrected chi connectivity index (χ3v) is 8.26. The molecule has 35 heavy (non-hydrogen) atoms. The molecule has 0 aromatic heterocycles. The number of carbonyl (C=O) groups is 3. The first kappa shape index (κ1) is 22.1. The summed E-state index contributed by atoms with van der Waals surface area (Å²) in [7, 11) is 0. The van der Waals surface area contributed by atoms with Crippen LogP contribution in [0.25, 0.3) is 0 Å². The zero-order valence-corrected chi connectivity index (χ0v) is 19.9. The monoisotopic (exact) mass is 472 g/mol. The fourth-order valence-electron chi connectivity index (χ4n) is 6.28. The molecule has 182 valence electrons. The number of fused-ring (bicyclic) bond motifs is 1. The van der Waals surface area contributed by atoms with Gasteiger partial charge >= 0.3 is 12.1 Å². The zero-order chi connectivity index (χ0) is 23.9. The van der Waals surface area contributed by atoms with Gasteiger partial charge in [-0.25, -0.2) is 9.59 Å². The quantitative estimate of drug-likeness (QED) is 0.686. The van der Waals surface area contributed by atoms with Gasteiger partial charge in [-0.15, -0.1) is 0 Å². The zero-order valence-electron chi connectivity index (χ0n) is 19.9. The highest BCUT2D eigenvalue weighted by molar-refractivity contribution is 6.05. The lowest BCUT2D eigenvalue weighted by molar-refractivity contribution is -0.129. The minimum absolute atomic E-state index is 0.0702. The third kappa shape index (κ3) is 4.07. The smallest absolute Gasteiger partial charge is 0.327 e. The average Bonchev–Trinajstić information content (AvgIpc) is 3.65. The van der Waals surface area contributed by atoms with Gasteiger partial charge in [0.15, 0.2) is 0 Å². The lowest BCUT2D eigenvalue weighted by Crippen LogP contribution is -2.58. The van der Waals surface area contributed by atoms with Crippen molar-refractivity contribution in [2.75, 3.05) is 19.6 Å². The average molecular weight is 473 g/mol. The van der Waals surface area contributed by atoms with Gasteiger partial charge < -0.3 is 15.1 Å². The Kier molecular flexibility index (Phi) is 5.71. The molecule has 2 saturated carbocycles. The molecule has 2 aliphatic carbocycles. The molecule has 2 aliphatic heterocycles. The number of nitrogens with zero attached hydrogens (tertiary/aromatic N) is 3. The van der Waals surface area contributed by atoms with Crippen LogP contribution < -0.4 is 5.32 Å². The maximum absolute atomic E-state index is 13.3. The van der Waals surface area contributed by atoms with Crippen molar-refractivity contribution in [2.24, 2.45) is 0 Å². The molecule has 5 amide bonds. The van der Waals surface area contributed by atoms with Crippen molar-refractivity contribution >= 4 is 18.0 Å². The summed E-state index contributed by atoms with van der Waals surface area (Å²) in [6.45, 7) is 1.11. The lowest BCUT2D eigenvalue weighted by Gasteiger charge is -2.38. The van der Waals surface area contributed by atoms with Gasteiger partial charge in [-0.1, -0.05) is 73.5 Å². The minimum atomic E-state index is -0.574. The molecule has 4 fully saturated rings. The van der Waals surface area contributed by atoms with E-state index in [2.05, 4.69) is 41.7 Å². The maximum Gasteiger partial charge on any atom is 0.327 e. The summed E-state index contributed by atoms with van der Waals surface area (Å²) in [5, 5.41) is 3.28. The number of carbonyl (C=O) groups excluding carboxylic acids is 3. The molecule has 7 nitrogen and oxygen atoms in total. The highest BCUT2D eigenvalue weighted by Crippen LogP contribution is 2.47. The number of piperazine rings is 1. The van der Waals surface area contributed by atoms with Crippen molar-refractivity contribution in [2.45, 2.75) is 62.1 Å². The summed E-state index contributed by atoms with van der Waals surface area (Å²) < 4.78 is 0. The largest absolute Gasteiger partial charge is 0.335 e. The van der Waals surface area contributed by atoms with E-state index in [1.54, 1.807) is 9.80 Å². The second kappa shape index (κ2) is 9.02. The molecule has 6 rings (SSSR count). The second-order valence-electron chi connectivity index (χ2n) is 10.3. The molecule has 2 aromatic rings. The van der Waals surface area contributed by atoms with Crippen LogP contribution in [0, 0.1) is 0 Å². The van der Waals surface area contributed by atoms with E-state index in [0.717, 1.165) is 25.7 Å². The summed E-state index contributed by atoms with van der Waals surface area (Å²) >= 11 is 0. The van der Waals surface area contributed by atoms with Crippen LogP contribution in [0.5, 0.6) is 0 Å². The molecule has 1 N–H and O–H groups in total. The summed E-state index contributed by atoms with van der Waals surface area (Å²) in [5.74, 6) is 0.368. The number of hydrogen-bond donors (Lipinski definition) is 1. The summed E-state index contributed by atoms with van der Waals surface area (Å²) in [5.41, 5.74) is 2.44. The van der Waals surface area contributed by atoms with Gasteiger partial charge in [0.2, 0.25) is 0 Å². The minimum Gasteiger partial charge on any atom is -0.335 e. The number of rotatable bonds is 4. The SMILES string of the molecule is O=C(N[C@@H]1CCCC[C@H]1c1ccccc1)N1CCN2C(=O)N([C@H]3C[C@@H]3c3ccccc3)C(=O)[C@@H]2C1. The van der Waals surface area contributed by atoms with E-state index < -0.39 is 6.04 Å². The number of amides is 5. The standard InChI is InChI=1S/C28H32N4O3/c33-26-25-18-30(27(34)29-23-14-8-7-13-21(23)19-9-3-1-4-10-19)15-16-31(25)28(35)32(26)24-17-22(24)20-11-5-2-6-12-20/h1-6,9-12,21-25H,7-8,13-18H2,(H,29,34)/t21-,22+,23+,24-,25-/m0/s1. The molecule has 0 spiro atoms. The first-order valence-corrected chi connectivity index (χ1v) is 12.9. The first-order chi connectivity index (χ1) is 17.1. The number of hydrogen-bond acceptors (Lipinski definition) is 3. The molecule has 2 saturated heterocycles. The molecule has 2 aromatic carbocycles. The van der Waals surface area contributed by atoms with Crippen molar-refractivity contribution in [3.63, 3.8) is 0 Å². The van der Waals surface area contributed by atoms with Gasteiger partial charge in [-0.2, -0.15) is 0 Å². The fraction of sp³-hybridized carbons (Fsp3) is 0.464. The Labute approximate surface area is 206 Å². The van der Waals surface area contributed by atoms with Crippen molar-refractivity contribution in [1.82, 2.24) is 20.0 Å². The Morgan fingerprint density at radius 3 is 2.20 bits per heavy atom. The first-order valence-electron chi connectivity index (χ1n) is 12.9. The van der Waals surface area contributed by atoms with E-state index in [4.69, 9.17) is 0 Å². The molecular formula is C28H32N4O3. The predicted molar refractivity (Wildman–Crippen MR) is 132 cm³/mol. The molecule has 4 aliphatic rings. The van der Waals surface area contributed by atoms with E-state index in [9.17, 15) is 14.4 Å². The summed E-state index contributed by atoms with van der Waals surface area (Å²) in [6, 6.07) is 19.6. The van der Waals surface area contributed by atoms with Gasteiger partial charge in [-0.05, 0) is 30.4 Å². The molecule has 5 atom stereocenters. The normalized spacial score (nSPS) is 30.3. The van der Waals surface area contributed by atoms with Crippen molar-refractivity contribution in [3.8, 4) is 0 Å². The van der Waals surface area contributed by atoms with Crippen LogP contribution >= 0.6 is 0 Å². The summed E-state index contributed by atoms with van der Waals surface area (Å²) in [6.07, 6.45) is 5.12. The Morgan fingerprint density at radius 2 is 1.49 bits per heavy atom. The lowest BCUT2D eigenvalue weighted by atomic mass is 9.80. The van der Waals surface area contributed by atoms with Crippen LogP contribution in [0.2, 0.25) is 0 Å².